The minimum Gasteiger partial charge on any atom is -0.399 e. The lowest BCUT2D eigenvalue weighted by Gasteiger charge is -2.33. The Labute approximate surface area is 87.7 Å². The summed E-state index contributed by atoms with van der Waals surface area (Å²) in [7, 11) is 0. The minimum atomic E-state index is -2.48. The number of halogens is 2. The van der Waals surface area contributed by atoms with Gasteiger partial charge in [0, 0.05) is 37.3 Å². The molecule has 0 amide bonds. The zero-order valence-electron chi connectivity index (χ0n) is 8.42. The highest BCUT2D eigenvalue weighted by Gasteiger charge is 2.33. The number of hydrogen-bond donors (Lipinski definition) is 1. The summed E-state index contributed by atoms with van der Waals surface area (Å²) < 4.78 is 25.8. The summed E-state index contributed by atoms with van der Waals surface area (Å²) >= 11 is 0. The Bertz CT molecular complexity index is 325. The molecule has 2 rings (SSSR count). The summed E-state index contributed by atoms with van der Waals surface area (Å²) in [5.74, 6) is -2.48. The molecule has 0 aromatic heterocycles. The largest absolute Gasteiger partial charge is 0.399 e. The van der Waals surface area contributed by atoms with Crippen molar-refractivity contribution in [1.82, 2.24) is 0 Å². The van der Waals surface area contributed by atoms with Gasteiger partial charge in [-0.15, -0.1) is 0 Å². The maximum atomic E-state index is 12.9. The fraction of sp³-hybridized carbons (Fsp3) is 0.455. The zero-order valence-corrected chi connectivity index (χ0v) is 8.42. The first-order valence-corrected chi connectivity index (χ1v) is 5.05. The van der Waals surface area contributed by atoms with Crippen LogP contribution < -0.4 is 10.6 Å². The fourth-order valence-corrected chi connectivity index (χ4v) is 1.78. The van der Waals surface area contributed by atoms with Crippen LogP contribution in [0, 0.1) is 0 Å². The van der Waals surface area contributed by atoms with Gasteiger partial charge in [-0.1, -0.05) is 0 Å². The van der Waals surface area contributed by atoms with Gasteiger partial charge >= 0.3 is 0 Å². The SMILES string of the molecule is Nc1ccc(N2CCC(F)(F)CC2)cc1. The van der Waals surface area contributed by atoms with Gasteiger partial charge in [0.25, 0.3) is 5.92 Å². The van der Waals surface area contributed by atoms with Gasteiger partial charge in [-0.05, 0) is 24.3 Å². The van der Waals surface area contributed by atoms with Crippen molar-refractivity contribution < 1.29 is 8.78 Å². The number of benzene rings is 1. The van der Waals surface area contributed by atoms with E-state index in [4.69, 9.17) is 5.73 Å². The molecule has 1 saturated heterocycles. The van der Waals surface area contributed by atoms with Gasteiger partial charge < -0.3 is 10.6 Å². The number of nitrogens with two attached hydrogens (primary N) is 1. The molecule has 1 aliphatic heterocycles. The van der Waals surface area contributed by atoms with Crippen molar-refractivity contribution >= 4 is 11.4 Å². The van der Waals surface area contributed by atoms with Gasteiger partial charge in [0.2, 0.25) is 0 Å². The van der Waals surface area contributed by atoms with Crippen molar-refractivity contribution in [2.75, 3.05) is 23.7 Å². The zero-order chi connectivity index (χ0) is 10.9. The van der Waals surface area contributed by atoms with E-state index < -0.39 is 5.92 Å². The number of alkyl halides is 2. The molecule has 0 atom stereocenters. The molecule has 1 heterocycles. The molecule has 1 aromatic carbocycles. The van der Waals surface area contributed by atoms with Gasteiger partial charge in [0.05, 0.1) is 0 Å². The Balaban J connectivity index is 2.04. The molecule has 2 N–H and O–H groups in total. The van der Waals surface area contributed by atoms with Gasteiger partial charge in [0.1, 0.15) is 0 Å². The predicted molar refractivity (Wildman–Crippen MR) is 57.2 cm³/mol. The van der Waals surface area contributed by atoms with Crippen LogP contribution in [-0.2, 0) is 0 Å². The molecule has 4 heteroatoms. The topological polar surface area (TPSA) is 29.3 Å². The molecule has 0 bridgehead atoms. The Hall–Kier alpha value is -1.32. The molecule has 0 spiro atoms. The second kappa shape index (κ2) is 3.68. The molecule has 0 saturated carbocycles. The van der Waals surface area contributed by atoms with Crippen molar-refractivity contribution in [2.45, 2.75) is 18.8 Å². The smallest absolute Gasteiger partial charge is 0.251 e. The quantitative estimate of drug-likeness (QED) is 0.725. The molecule has 1 fully saturated rings. The van der Waals surface area contributed by atoms with Gasteiger partial charge in [-0.25, -0.2) is 8.78 Å². The number of nitrogen functional groups attached to an aromatic ring is 1. The number of anilines is 2. The summed E-state index contributed by atoms with van der Waals surface area (Å²) in [6.45, 7) is 0.827. The Morgan fingerprint density at radius 3 is 2.13 bits per heavy atom. The van der Waals surface area contributed by atoms with Gasteiger partial charge in [0.15, 0.2) is 0 Å². The van der Waals surface area contributed by atoms with Crippen LogP contribution in [0.2, 0.25) is 0 Å². The van der Waals surface area contributed by atoms with Gasteiger partial charge in [-0.3, -0.25) is 0 Å². The number of nitrogens with zero attached hydrogens (tertiary/aromatic N) is 1. The fourth-order valence-electron chi connectivity index (χ4n) is 1.78. The van der Waals surface area contributed by atoms with E-state index in [0.717, 1.165) is 5.69 Å². The van der Waals surface area contributed by atoms with E-state index >= 15 is 0 Å². The van der Waals surface area contributed by atoms with Crippen LogP contribution in [0.3, 0.4) is 0 Å². The molecular weight excluding hydrogens is 198 g/mol. The summed E-state index contributed by atoms with van der Waals surface area (Å²) in [5.41, 5.74) is 7.23. The highest BCUT2D eigenvalue weighted by molar-refractivity contribution is 5.53. The lowest BCUT2D eigenvalue weighted by molar-refractivity contribution is -0.0220. The lowest BCUT2D eigenvalue weighted by atomic mass is 10.1. The molecule has 0 unspecified atom stereocenters. The van der Waals surface area contributed by atoms with Crippen LogP contribution in [0.1, 0.15) is 12.8 Å². The predicted octanol–water partition coefficient (Wildman–Crippen LogP) is 2.50. The van der Waals surface area contributed by atoms with Crippen molar-refractivity contribution in [1.29, 1.82) is 0 Å². The molecule has 82 valence electrons. The van der Waals surface area contributed by atoms with E-state index in [2.05, 4.69) is 0 Å². The normalized spacial score (nSPS) is 20.3. The first-order chi connectivity index (χ1) is 7.07. The van der Waals surface area contributed by atoms with Crippen molar-refractivity contribution in [3.05, 3.63) is 24.3 Å². The molecule has 2 nitrogen and oxygen atoms in total. The molecule has 15 heavy (non-hydrogen) atoms. The molecule has 0 radical (unpaired) electrons. The average molecular weight is 212 g/mol. The third kappa shape index (κ3) is 2.37. The molecule has 0 aliphatic carbocycles. The number of piperidine rings is 1. The molecule has 1 aromatic rings. The third-order valence-electron chi connectivity index (χ3n) is 2.75. The number of hydrogen-bond acceptors (Lipinski definition) is 2. The van der Waals surface area contributed by atoms with Crippen LogP contribution in [0.15, 0.2) is 24.3 Å². The summed E-state index contributed by atoms with van der Waals surface area (Å²) in [5, 5.41) is 0. The van der Waals surface area contributed by atoms with Crippen LogP contribution >= 0.6 is 0 Å². The maximum Gasteiger partial charge on any atom is 0.251 e. The monoisotopic (exact) mass is 212 g/mol. The summed E-state index contributed by atoms with van der Waals surface area (Å²) in [6, 6.07) is 7.34. The Morgan fingerprint density at radius 1 is 1.07 bits per heavy atom. The van der Waals surface area contributed by atoms with Crippen LogP contribution in [0.5, 0.6) is 0 Å². The maximum absolute atomic E-state index is 12.9. The van der Waals surface area contributed by atoms with Crippen molar-refractivity contribution in [2.24, 2.45) is 0 Å². The molecular formula is C11H14F2N2. The third-order valence-corrected chi connectivity index (χ3v) is 2.75. The van der Waals surface area contributed by atoms with E-state index in [1.165, 1.54) is 0 Å². The van der Waals surface area contributed by atoms with E-state index in [9.17, 15) is 8.78 Å². The highest BCUT2D eigenvalue weighted by atomic mass is 19.3. The van der Waals surface area contributed by atoms with E-state index in [0.29, 0.717) is 18.8 Å². The Kier molecular flexibility index (Phi) is 2.50. The first kappa shape index (κ1) is 10.2. The Morgan fingerprint density at radius 2 is 1.60 bits per heavy atom. The van der Waals surface area contributed by atoms with Crippen LogP contribution in [0.25, 0.3) is 0 Å². The van der Waals surface area contributed by atoms with Crippen molar-refractivity contribution in [3.63, 3.8) is 0 Å². The van der Waals surface area contributed by atoms with Gasteiger partial charge in [-0.2, -0.15) is 0 Å². The van der Waals surface area contributed by atoms with E-state index in [-0.39, 0.29) is 12.8 Å². The number of rotatable bonds is 1. The summed E-state index contributed by atoms with van der Waals surface area (Å²) in [4.78, 5) is 1.97. The minimum absolute atomic E-state index is 0.0582. The first-order valence-electron chi connectivity index (χ1n) is 5.05. The standard InChI is InChI=1S/C11H14F2N2/c12-11(13)5-7-15(8-6-11)10-3-1-9(14)2-4-10/h1-4H,5-8,14H2. The second-order valence-electron chi connectivity index (χ2n) is 3.93. The lowest BCUT2D eigenvalue weighted by Crippen LogP contribution is -2.39. The highest BCUT2D eigenvalue weighted by Crippen LogP contribution is 2.30. The van der Waals surface area contributed by atoms with Crippen LogP contribution in [0.4, 0.5) is 20.2 Å². The van der Waals surface area contributed by atoms with E-state index in [1.54, 1.807) is 12.1 Å². The van der Waals surface area contributed by atoms with E-state index in [1.807, 2.05) is 17.0 Å². The van der Waals surface area contributed by atoms with Crippen LogP contribution in [-0.4, -0.2) is 19.0 Å². The summed E-state index contributed by atoms with van der Waals surface area (Å²) in [6.07, 6.45) is -0.116. The second-order valence-corrected chi connectivity index (χ2v) is 3.93. The molecule has 1 aliphatic rings. The van der Waals surface area contributed by atoms with Crippen molar-refractivity contribution in [3.8, 4) is 0 Å². The average Bonchev–Trinajstić information content (AvgIpc) is 2.20.